The molecule has 1 aliphatic carbocycles. The predicted octanol–water partition coefficient (Wildman–Crippen LogP) is 5.68. The van der Waals surface area contributed by atoms with Crippen molar-refractivity contribution in [3.05, 3.63) is 66.8 Å². The highest BCUT2D eigenvalue weighted by molar-refractivity contribution is 7.12. The minimum absolute atomic E-state index is 0.125. The van der Waals surface area contributed by atoms with Gasteiger partial charge in [-0.05, 0) is 86.2 Å². The number of aryl methyl sites for hydroxylation is 1. The van der Waals surface area contributed by atoms with Crippen LogP contribution in [0.1, 0.15) is 68.7 Å². The van der Waals surface area contributed by atoms with Crippen LogP contribution in [-0.2, 0) is 19.3 Å². The number of nitrogens with zero attached hydrogens (tertiary/aromatic N) is 2. The normalized spacial score (nSPS) is 22.8. The summed E-state index contributed by atoms with van der Waals surface area (Å²) >= 11 is 3.77. The molecular formula is C24H28N4S2. The zero-order valence-electron chi connectivity index (χ0n) is 17.8. The van der Waals surface area contributed by atoms with Crippen LogP contribution >= 0.6 is 22.7 Å². The zero-order chi connectivity index (χ0) is 20.7. The lowest BCUT2D eigenvalue weighted by atomic mass is 9.91. The maximum Gasteiger partial charge on any atom is 0.106 e. The van der Waals surface area contributed by atoms with Gasteiger partial charge in [-0.25, -0.2) is 0 Å². The van der Waals surface area contributed by atoms with E-state index in [1.165, 1.54) is 51.4 Å². The van der Waals surface area contributed by atoms with Crippen LogP contribution in [0.3, 0.4) is 0 Å². The van der Waals surface area contributed by atoms with Gasteiger partial charge in [0, 0.05) is 33.5 Å². The molecule has 156 valence electrons. The van der Waals surface area contributed by atoms with E-state index in [0.29, 0.717) is 0 Å². The molecule has 5 rings (SSSR count). The number of aliphatic imine (C=N–C) groups is 2. The molecule has 0 radical (unpaired) electrons. The SMILES string of the molecule is CC1=NC(c2scc(CC3=NC(c4sc(C)c5c4CCCC5)C=CN3)c2C)C=CN1. The second-order valence-electron chi connectivity index (χ2n) is 8.30. The summed E-state index contributed by atoms with van der Waals surface area (Å²) in [5.74, 6) is 2.03. The van der Waals surface area contributed by atoms with Crippen LogP contribution < -0.4 is 10.6 Å². The van der Waals surface area contributed by atoms with Crippen molar-refractivity contribution in [3.8, 4) is 0 Å². The smallest absolute Gasteiger partial charge is 0.106 e. The van der Waals surface area contributed by atoms with Crippen LogP contribution in [0.5, 0.6) is 0 Å². The highest BCUT2D eigenvalue weighted by atomic mass is 32.1. The van der Waals surface area contributed by atoms with Crippen molar-refractivity contribution in [1.29, 1.82) is 0 Å². The van der Waals surface area contributed by atoms with Crippen molar-refractivity contribution in [2.75, 3.05) is 0 Å². The fourth-order valence-electron chi connectivity index (χ4n) is 4.63. The second-order valence-corrected chi connectivity index (χ2v) is 10.5. The molecule has 6 heteroatoms. The molecule has 0 saturated carbocycles. The summed E-state index contributed by atoms with van der Waals surface area (Å²) in [4.78, 5) is 14.2. The van der Waals surface area contributed by atoms with Gasteiger partial charge in [0.1, 0.15) is 17.9 Å². The molecule has 4 nitrogen and oxygen atoms in total. The summed E-state index contributed by atoms with van der Waals surface area (Å²) in [6, 6.07) is 0.282. The van der Waals surface area contributed by atoms with Gasteiger partial charge in [0.05, 0.1) is 5.84 Å². The molecular weight excluding hydrogens is 408 g/mol. The topological polar surface area (TPSA) is 48.8 Å². The number of hydrogen-bond acceptors (Lipinski definition) is 6. The molecule has 2 unspecified atom stereocenters. The van der Waals surface area contributed by atoms with Crippen molar-refractivity contribution in [2.45, 2.75) is 65.0 Å². The molecule has 0 aromatic carbocycles. The molecule has 2 aliphatic heterocycles. The second kappa shape index (κ2) is 8.16. The van der Waals surface area contributed by atoms with Crippen LogP contribution in [0.4, 0.5) is 0 Å². The third-order valence-corrected chi connectivity index (χ3v) is 8.72. The van der Waals surface area contributed by atoms with E-state index in [4.69, 9.17) is 9.98 Å². The van der Waals surface area contributed by atoms with Gasteiger partial charge in [-0.15, -0.1) is 22.7 Å². The third kappa shape index (κ3) is 3.67. The summed E-state index contributed by atoms with van der Waals surface area (Å²) in [6.45, 7) is 6.51. The molecule has 0 saturated heterocycles. The van der Waals surface area contributed by atoms with E-state index in [9.17, 15) is 0 Å². The monoisotopic (exact) mass is 436 g/mol. The van der Waals surface area contributed by atoms with Gasteiger partial charge in [0.25, 0.3) is 0 Å². The van der Waals surface area contributed by atoms with Gasteiger partial charge >= 0.3 is 0 Å². The zero-order valence-corrected chi connectivity index (χ0v) is 19.4. The van der Waals surface area contributed by atoms with Gasteiger partial charge in [-0.2, -0.15) is 0 Å². The van der Waals surface area contributed by atoms with Crippen LogP contribution in [0.2, 0.25) is 0 Å². The van der Waals surface area contributed by atoms with Crippen molar-refractivity contribution < 1.29 is 0 Å². The Labute approximate surface area is 186 Å². The minimum Gasteiger partial charge on any atom is -0.351 e. The number of amidine groups is 2. The Morgan fingerprint density at radius 1 is 0.933 bits per heavy atom. The minimum atomic E-state index is 0.125. The summed E-state index contributed by atoms with van der Waals surface area (Å²) in [5, 5.41) is 8.84. The molecule has 0 spiro atoms. The van der Waals surface area contributed by atoms with Crippen LogP contribution in [-0.4, -0.2) is 11.7 Å². The maximum atomic E-state index is 5.13. The van der Waals surface area contributed by atoms with Crippen LogP contribution in [0.15, 0.2) is 39.9 Å². The predicted molar refractivity (Wildman–Crippen MR) is 129 cm³/mol. The Bertz CT molecular complexity index is 1080. The average Bonchev–Trinajstić information content (AvgIpc) is 3.29. The highest BCUT2D eigenvalue weighted by Crippen LogP contribution is 2.40. The molecule has 4 heterocycles. The number of nitrogens with one attached hydrogen (secondary N) is 2. The largest absolute Gasteiger partial charge is 0.351 e. The summed E-state index contributed by atoms with van der Waals surface area (Å²) in [6.07, 6.45) is 14.4. The van der Waals surface area contributed by atoms with E-state index in [-0.39, 0.29) is 12.1 Å². The summed E-state index contributed by atoms with van der Waals surface area (Å²) in [5.41, 5.74) is 5.88. The molecule has 0 bridgehead atoms. The lowest BCUT2D eigenvalue weighted by Crippen LogP contribution is -2.24. The quantitative estimate of drug-likeness (QED) is 0.648. The number of hydrogen-bond donors (Lipinski definition) is 2. The average molecular weight is 437 g/mol. The molecule has 30 heavy (non-hydrogen) atoms. The maximum absolute atomic E-state index is 5.13. The lowest BCUT2D eigenvalue weighted by molar-refractivity contribution is 0.678. The van der Waals surface area contributed by atoms with Crippen molar-refractivity contribution >= 4 is 34.3 Å². The molecule has 2 aromatic rings. The van der Waals surface area contributed by atoms with Gasteiger partial charge in [-0.3, -0.25) is 9.98 Å². The fraction of sp³-hybridized carbons (Fsp3) is 0.417. The Hall–Kier alpha value is -2.18. The Balaban J connectivity index is 1.38. The van der Waals surface area contributed by atoms with Gasteiger partial charge in [0.15, 0.2) is 0 Å². The first kappa shape index (κ1) is 19.8. The van der Waals surface area contributed by atoms with Crippen molar-refractivity contribution in [3.63, 3.8) is 0 Å². The van der Waals surface area contributed by atoms with Crippen molar-refractivity contribution in [2.24, 2.45) is 9.98 Å². The first-order valence-electron chi connectivity index (χ1n) is 10.8. The summed E-state index contributed by atoms with van der Waals surface area (Å²) in [7, 11) is 0. The van der Waals surface area contributed by atoms with E-state index in [2.05, 4.69) is 48.2 Å². The van der Waals surface area contributed by atoms with E-state index in [1.807, 2.05) is 35.8 Å². The molecule has 3 aliphatic rings. The fourth-order valence-corrected chi connectivity index (χ4v) is 7.02. The van der Waals surface area contributed by atoms with Gasteiger partial charge < -0.3 is 10.6 Å². The number of thiophene rings is 2. The van der Waals surface area contributed by atoms with E-state index >= 15 is 0 Å². The first-order chi connectivity index (χ1) is 14.6. The Morgan fingerprint density at radius 3 is 2.47 bits per heavy atom. The lowest BCUT2D eigenvalue weighted by Gasteiger charge is -2.19. The molecule has 0 amide bonds. The number of rotatable bonds is 4. The van der Waals surface area contributed by atoms with E-state index in [1.54, 1.807) is 11.1 Å². The van der Waals surface area contributed by atoms with Crippen LogP contribution in [0.25, 0.3) is 0 Å². The van der Waals surface area contributed by atoms with Gasteiger partial charge in [0.2, 0.25) is 0 Å². The first-order valence-corrected chi connectivity index (χ1v) is 12.4. The molecule has 2 atom stereocenters. The standard InChI is InChI=1S/C24H28N4S2/c1-14-17(13-29-23(14)20-8-10-25-16(3)27-20)12-22-26-11-9-21(28-22)24-19-7-5-4-6-18(19)15(2)30-24/h8-11,13,20-21H,4-7,12H2,1-3H3,(H,25,27)(H,26,28). The van der Waals surface area contributed by atoms with E-state index in [0.717, 1.165) is 18.1 Å². The van der Waals surface area contributed by atoms with Gasteiger partial charge in [-0.1, -0.05) is 0 Å². The van der Waals surface area contributed by atoms with E-state index < -0.39 is 0 Å². The Kier molecular flexibility index (Phi) is 5.37. The molecule has 0 fully saturated rings. The third-order valence-electron chi connectivity index (χ3n) is 6.25. The Morgan fingerprint density at radius 2 is 1.67 bits per heavy atom. The van der Waals surface area contributed by atoms with Crippen molar-refractivity contribution in [1.82, 2.24) is 10.6 Å². The number of fused-ring (bicyclic) bond motifs is 1. The summed E-state index contributed by atoms with van der Waals surface area (Å²) < 4.78 is 0. The molecule has 2 aromatic heterocycles. The molecule has 2 N–H and O–H groups in total. The van der Waals surface area contributed by atoms with Crippen LogP contribution in [0, 0.1) is 13.8 Å². The highest BCUT2D eigenvalue weighted by Gasteiger charge is 2.25.